The number of pyridine rings is 1. The smallest absolute Gasteiger partial charge is 0.244 e. The Morgan fingerprint density at radius 2 is 2.04 bits per heavy atom. The van der Waals surface area contributed by atoms with Crippen LogP contribution in [0.5, 0.6) is 5.75 Å². The van der Waals surface area contributed by atoms with Gasteiger partial charge in [0.05, 0.1) is 17.6 Å². The minimum Gasteiger partial charge on any atom is -0.495 e. The number of hydrogen-bond acceptors (Lipinski definition) is 3. The number of carbonyl (C=O) groups excluding carboxylic acids is 1. The molecule has 0 saturated carbocycles. The van der Waals surface area contributed by atoms with E-state index in [2.05, 4.69) is 21.2 Å². The lowest BCUT2D eigenvalue weighted by Gasteiger charge is -2.12. The summed E-state index contributed by atoms with van der Waals surface area (Å²) in [6.07, 6.45) is 1.61. The molecule has 1 heterocycles. The van der Waals surface area contributed by atoms with Gasteiger partial charge in [-0.1, -0.05) is 27.5 Å². The molecule has 25 heavy (non-hydrogen) atoms. The highest BCUT2D eigenvalue weighted by molar-refractivity contribution is 9.10. The molecular weight excluding hydrogens is 408 g/mol. The van der Waals surface area contributed by atoms with Gasteiger partial charge in [0.2, 0.25) is 5.91 Å². The molecule has 2 aromatic carbocycles. The standard InChI is InChI=1S/C18H14BrClN2O3/c1-25-17-5-3-12(9-14(17)20)21-18(24)10-22-7-6-16(23)13-4-2-11(19)8-15(13)22/h2-9H,10H2,1H3,(H,21,24). The van der Waals surface area contributed by atoms with Gasteiger partial charge < -0.3 is 14.6 Å². The van der Waals surface area contributed by atoms with E-state index in [0.29, 0.717) is 27.4 Å². The second kappa shape index (κ2) is 7.29. The molecule has 3 rings (SSSR count). The zero-order valence-electron chi connectivity index (χ0n) is 13.3. The lowest BCUT2D eigenvalue weighted by atomic mass is 10.2. The minimum atomic E-state index is -0.230. The second-order valence-corrected chi connectivity index (χ2v) is 6.69. The van der Waals surface area contributed by atoms with Gasteiger partial charge in [-0.15, -0.1) is 0 Å². The molecule has 7 heteroatoms. The fraction of sp³-hybridized carbons (Fsp3) is 0.111. The van der Waals surface area contributed by atoms with Crippen molar-refractivity contribution in [3.8, 4) is 5.75 Å². The normalized spacial score (nSPS) is 10.7. The summed E-state index contributed by atoms with van der Waals surface area (Å²) in [6, 6.07) is 11.8. The molecule has 3 aromatic rings. The molecule has 1 N–H and O–H groups in total. The highest BCUT2D eigenvalue weighted by atomic mass is 79.9. The molecule has 0 saturated heterocycles. The van der Waals surface area contributed by atoms with E-state index < -0.39 is 0 Å². The third-order valence-corrected chi connectivity index (χ3v) is 4.48. The van der Waals surface area contributed by atoms with Gasteiger partial charge in [-0.3, -0.25) is 9.59 Å². The maximum atomic E-state index is 12.4. The van der Waals surface area contributed by atoms with Crippen molar-refractivity contribution in [2.75, 3.05) is 12.4 Å². The van der Waals surface area contributed by atoms with Gasteiger partial charge in [0, 0.05) is 27.8 Å². The Balaban J connectivity index is 1.85. The molecule has 0 radical (unpaired) electrons. The summed E-state index contributed by atoms with van der Waals surface area (Å²) >= 11 is 9.45. The minimum absolute atomic E-state index is 0.0664. The first-order valence-corrected chi connectivity index (χ1v) is 8.57. The molecule has 0 spiro atoms. The average molecular weight is 422 g/mol. The number of rotatable bonds is 4. The predicted molar refractivity (Wildman–Crippen MR) is 103 cm³/mol. The SMILES string of the molecule is COc1ccc(NC(=O)Cn2ccc(=O)c3ccc(Br)cc32)cc1Cl. The van der Waals surface area contributed by atoms with Crippen molar-refractivity contribution in [3.05, 3.63) is 68.4 Å². The van der Waals surface area contributed by atoms with Crippen molar-refractivity contribution in [2.24, 2.45) is 0 Å². The van der Waals surface area contributed by atoms with Crippen LogP contribution in [0.1, 0.15) is 0 Å². The molecule has 0 fully saturated rings. The van der Waals surface area contributed by atoms with Crippen LogP contribution >= 0.6 is 27.5 Å². The number of hydrogen-bond donors (Lipinski definition) is 1. The van der Waals surface area contributed by atoms with Crippen LogP contribution in [0.3, 0.4) is 0 Å². The van der Waals surface area contributed by atoms with Gasteiger partial charge in [-0.05, 0) is 36.4 Å². The van der Waals surface area contributed by atoms with E-state index in [-0.39, 0.29) is 17.9 Å². The van der Waals surface area contributed by atoms with Crippen molar-refractivity contribution in [1.82, 2.24) is 4.57 Å². The zero-order chi connectivity index (χ0) is 18.0. The number of anilines is 1. The first kappa shape index (κ1) is 17.5. The Hall–Kier alpha value is -2.31. The van der Waals surface area contributed by atoms with Crippen LogP contribution in [-0.2, 0) is 11.3 Å². The summed E-state index contributed by atoms with van der Waals surface area (Å²) in [7, 11) is 1.53. The van der Waals surface area contributed by atoms with Crippen LogP contribution in [0.25, 0.3) is 10.9 Å². The summed E-state index contributed by atoms with van der Waals surface area (Å²) in [5, 5.41) is 3.76. The van der Waals surface area contributed by atoms with Gasteiger partial charge in [0.15, 0.2) is 5.43 Å². The maximum absolute atomic E-state index is 12.4. The van der Waals surface area contributed by atoms with Crippen molar-refractivity contribution >= 4 is 50.0 Å². The van der Waals surface area contributed by atoms with Crippen LogP contribution in [0.4, 0.5) is 5.69 Å². The first-order chi connectivity index (χ1) is 12.0. The van der Waals surface area contributed by atoms with E-state index in [1.807, 2.05) is 6.07 Å². The first-order valence-electron chi connectivity index (χ1n) is 7.40. The molecular formula is C18H14BrClN2O3. The van der Waals surface area contributed by atoms with Gasteiger partial charge in [-0.2, -0.15) is 0 Å². The zero-order valence-corrected chi connectivity index (χ0v) is 15.6. The summed E-state index contributed by atoms with van der Waals surface area (Å²) < 4.78 is 7.65. The Bertz CT molecular complexity index is 1020. The number of aromatic nitrogens is 1. The summed E-state index contributed by atoms with van der Waals surface area (Å²) in [4.78, 5) is 24.3. The number of methoxy groups -OCH3 is 1. The van der Waals surface area contributed by atoms with Gasteiger partial charge in [0.1, 0.15) is 12.3 Å². The molecule has 1 amide bonds. The number of ether oxygens (including phenoxy) is 1. The maximum Gasteiger partial charge on any atom is 0.244 e. The number of nitrogens with zero attached hydrogens (tertiary/aromatic N) is 1. The Morgan fingerprint density at radius 1 is 1.24 bits per heavy atom. The fourth-order valence-electron chi connectivity index (χ4n) is 2.52. The van der Waals surface area contributed by atoms with Crippen LogP contribution in [0.15, 0.2) is 57.9 Å². The van der Waals surface area contributed by atoms with E-state index in [4.69, 9.17) is 16.3 Å². The second-order valence-electron chi connectivity index (χ2n) is 5.37. The van der Waals surface area contributed by atoms with Crippen LogP contribution in [0.2, 0.25) is 5.02 Å². The highest BCUT2D eigenvalue weighted by Gasteiger charge is 2.09. The number of benzene rings is 2. The lowest BCUT2D eigenvalue weighted by Crippen LogP contribution is -2.20. The lowest BCUT2D eigenvalue weighted by molar-refractivity contribution is -0.116. The number of carbonyl (C=O) groups is 1. The number of halogens is 2. The predicted octanol–water partition coefficient (Wildman–Crippen LogP) is 4.06. The van der Waals surface area contributed by atoms with Gasteiger partial charge in [-0.25, -0.2) is 0 Å². The van der Waals surface area contributed by atoms with E-state index in [0.717, 1.165) is 4.47 Å². The highest BCUT2D eigenvalue weighted by Crippen LogP contribution is 2.27. The average Bonchev–Trinajstić information content (AvgIpc) is 2.57. The molecule has 0 aliphatic carbocycles. The van der Waals surface area contributed by atoms with Crippen LogP contribution < -0.4 is 15.5 Å². The molecule has 0 aliphatic heterocycles. The molecule has 0 bridgehead atoms. The van der Waals surface area contributed by atoms with Crippen molar-refractivity contribution < 1.29 is 9.53 Å². The number of fused-ring (bicyclic) bond motifs is 1. The summed E-state index contributed by atoms with van der Waals surface area (Å²) in [6.45, 7) is 0.0664. The quantitative estimate of drug-likeness (QED) is 0.691. The number of nitrogens with one attached hydrogen (secondary N) is 1. The molecule has 0 atom stereocenters. The Labute approximate surface area is 157 Å². The van der Waals surface area contributed by atoms with E-state index >= 15 is 0 Å². The largest absolute Gasteiger partial charge is 0.495 e. The molecule has 0 unspecified atom stereocenters. The summed E-state index contributed by atoms with van der Waals surface area (Å²) in [5.41, 5.74) is 1.17. The monoisotopic (exact) mass is 420 g/mol. The third-order valence-electron chi connectivity index (χ3n) is 3.69. The molecule has 0 aliphatic rings. The molecule has 128 valence electrons. The van der Waals surface area contributed by atoms with Gasteiger partial charge >= 0.3 is 0 Å². The molecule has 1 aromatic heterocycles. The summed E-state index contributed by atoms with van der Waals surface area (Å²) in [5.74, 6) is 0.307. The topological polar surface area (TPSA) is 60.3 Å². The van der Waals surface area contributed by atoms with Crippen molar-refractivity contribution in [1.29, 1.82) is 0 Å². The van der Waals surface area contributed by atoms with E-state index in [1.165, 1.54) is 13.2 Å². The van der Waals surface area contributed by atoms with Crippen LogP contribution in [-0.4, -0.2) is 17.6 Å². The Kier molecular flexibility index (Phi) is 5.11. The molecule has 5 nitrogen and oxygen atoms in total. The van der Waals surface area contributed by atoms with Crippen LogP contribution in [0, 0.1) is 0 Å². The third kappa shape index (κ3) is 3.86. The van der Waals surface area contributed by atoms with Crippen molar-refractivity contribution in [3.63, 3.8) is 0 Å². The Morgan fingerprint density at radius 3 is 2.76 bits per heavy atom. The van der Waals surface area contributed by atoms with E-state index in [1.54, 1.807) is 41.1 Å². The number of amides is 1. The fourth-order valence-corrected chi connectivity index (χ4v) is 3.12. The van der Waals surface area contributed by atoms with Crippen molar-refractivity contribution in [2.45, 2.75) is 6.54 Å². The van der Waals surface area contributed by atoms with Gasteiger partial charge in [0.25, 0.3) is 0 Å². The van der Waals surface area contributed by atoms with E-state index in [9.17, 15) is 9.59 Å².